The van der Waals surface area contributed by atoms with Gasteiger partial charge >= 0.3 is 0 Å². The van der Waals surface area contributed by atoms with Crippen LogP contribution in [0.4, 0.5) is 4.39 Å². The summed E-state index contributed by atoms with van der Waals surface area (Å²) in [6, 6.07) is 11.6. The number of rotatable bonds is 1. The largest absolute Gasteiger partial charge is 0.508 e. The summed E-state index contributed by atoms with van der Waals surface area (Å²) in [5.74, 6) is -0.0491. The Morgan fingerprint density at radius 1 is 1.00 bits per heavy atom. The zero-order chi connectivity index (χ0) is 10.8. The fraction of sp³-hybridized carbons (Fsp3) is 0.0769. The van der Waals surface area contributed by atoms with Crippen LogP contribution in [-0.2, 0) is 0 Å². The standard InChI is InChI=1S/C13H11FO/c1-9-2-7-12(13(14)8-9)10-3-5-11(15)6-4-10/h2-8,15H,1H3. The van der Waals surface area contributed by atoms with E-state index in [4.69, 9.17) is 5.11 Å². The highest BCUT2D eigenvalue weighted by Crippen LogP contribution is 2.25. The summed E-state index contributed by atoms with van der Waals surface area (Å²) in [5.41, 5.74) is 2.22. The Morgan fingerprint density at radius 2 is 1.67 bits per heavy atom. The Labute approximate surface area is 87.8 Å². The number of aryl methyl sites for hydroxylation is 1. The quantitative estimate of drug-likeness (QED) is 0.750. The molecular formula is C13H11FO. The smallest absolute Gasteiger partial charge is 0.131 e. The number of phenols is 1. The van der Waals surface area contributed by atoms with E-state index < -0.39 is 0 Å². The molecular weight excluding hydrogens is 191 g/mol. The van der Waals surface area contributed by atoms with Crippen LogP contribution in [0.15, 0.2) is 42.5 Å². The fourth-order valence-corrected chi connectivity index (χ4v) is 1.50. The molecule has 0 fully saturated rings. The predicted octanol–water partition coefficient (Wildman–Crippen LogP) is 3.51. The number of halogens is 1. The highest BCUT2D eigenvalue weighted by molar-refractivity contribution is 5.65. The molecule has 1 N–H and O–H groups in total. The van der Waals surface area contributed by atoms with Gasteiger partial charge < -0.3 is 5.11 Å². The number of aromatic hydroxyl groups is 1. The molecule has 2 rings (SSSR count). The van der Waals surface area contributed by atoms with Gasteiger partial charge in [-0.25, -0.2) is 4.39 Å². The monoisotopic (exact) mass is 202 g/mol. The molecule has 0 atom stereocenters. The van der Waals surface area contributed by atoms with Crippen LogP contribution in [0.1, 0.15) is 5.56 Å². The maximum atomic E-state index is 13.6. The minimum atomic E-state index is -0.235. The van der Waals surface area contributed by atoms with Gasteiger partial charge in [-0.15, -0.1) is 0 Å². The molecule has 0 radical (unpaired) electrons. The molecule has 2 aromatic carbocycles. The van der Waals surface area contributed by atoms with Crippen LogP contribution in [0.25, 0.3) is 11.1 Å². The molecule has 0 aliphatic heterocycles. The second kappa shape index (κ2) is 3.73. The van der Waals surface area contributed by atoms with Crippen molar-refractivity contribution in [2.75, 3.05) is 0 Å². The summed E-state index contributed by atoms with van der Waals surface area (Å²) in [5, 5.41) is 9.12. The number of hydrogen-bond donors (Lipinski definition) is 1. The summed E-state index contributed by atoms with van der Waals surface area (Å²) in [6.07, 6.45) is 0. The predicted molar refractivity (Wildman–Crippen MR) is 58.2 cm³/mol. The molecule has 0 amide bonds. The molecule has 0 heterocycles. The van der Waals surface area contributed by atoms with Gasteiger partial charge in [0.05, 0.1) is 0 Å². The Bertz CT molecular complexity index is 474. The van der Waals surface area contributed by atoms with Crippen LogP contribution in [0.2, 0.25) is 0 Å². The van der Waals surface area contributed by atoms with Crippen LogP contribution in [0.5, 0.6) is 5.75 Å². The fourth-order valence-electron chi connectivity index (χ4n) is 1.50. The highest BCUT2D eigenvalue weighted by atomic mass is 19.1. The summed E-state index contributed by atoms with van der Waals surface area (Å²) >= 11 is 0. The van der Waals surface area contributed by atoms with Crippen molar-refractivity contribution in [2.45, 2.75) is 6.92 Å². The first-order valence-corrected chi connectivity index (χ1v) is 4.72. The average Bonchev–Trinajstić information content (AvgIpc) is 2.20. The number of benzene rings is 2. The van der Waals surface area contributed by atoms with Crippen molar-refractivity contribution >= 4 is 0 Å². The third-order valence-electron chi connectivity index (χ3n) is 2.30. The maximum absolute atomic E-state index is 13.6. The van der Waals surface area contributed by atoms with Crippen LogP contribution in [0, 0.1) is 12.7 Å². The van der Waals surface area contributed by atoms with Gasteiger partial charge in [0.25, 0.3) is 0 Å². The SMILES string of the molecule is Cc1ccc(-c2ccc(O)cc2)c(F)c1. The molecule has 0 spiro atoms. The summed E-state index contributed by atoms with van der Waals surface area (Å²) < 4.78 is 13.6. The maximum Gasteiger partial charge on any atom is 0.131 e. The second-order valence-corrected chi connectivity index (χ2v) is 3.53. The van der Waals surface area contributed by atoms with E-state index in [1.165, 1.54) is 6.07 Å². The van der Waals surface area contributed by atoms with Crippen LogP contribution < -0.4 is 0 Å². The Morgan fingerprint density at radius 3 is 2.27 bits per heavy atom. The minimum absolute atomic E-state index is 0.186. The zero-order valence-corrected chi connectivity index (χ0v) is 8.37. The van der Waals surface area contributed by atoms with E-state index in [0.717, 1.165) is 11.1 Å². The first-order valence-electron chi connectivity index (χ1n) is 4.72. The van der Waals surface area contributed by atoms with Crippen molar-refractivity contribution in [3.63, 3.8) is 0 Å². The van der Waals surface area contributed by atoms with Gasteiger partial charge in [0, 0.05) is 5.56 Å². The normalized spacial score (nSPS) is 10.3. The first kappa shape index (κ1) is 9.71. The average molecular weight is 202 g/mol. The van der Waals surface area contributed by atoms with Crippen molar-refractivity contribution in [1.29, 1.82) is 0 Å². The number of hydrogen-bond acceptors (Lipinski definition) is 1. The molecule has 76 valence electrons. The third kappa shape index (κ3) is 1.99. The topological polar surface area (TPSA) is 20.2 Å². The lowest BCUT2D eigenvalue weighted by Gasteiger charge is -2.04. The zero-order valence-electron chi connectivity index (χ0n) is 8.37. The van der Waals surface area contributed by atoms with Gasteiger partial charge in [0.1, 0.15) is 11.6 Å². The number of phenolic OH excluding ortho intramolecular Hbond substituents is 1. The summed E-state index contributed by atoms with van der Waals surface area (Å²) in [7, 11) is 0. The van der Waals surface area contributed by atoms with E-state index in [2.05, 4.69) is 0 Å². The van der Waals surface area contributed by atoms with Crippen molar-refractivity contribution in [3.8, 4) is 16.9 Å². The summed E-state index contributed by atoms with van der Waals surface area (Å²) in [6.45, 7) is 1.85. The molecule has 0 aliphatic rings. The van der Waals surface area contributed by atoms with Crippen LogP contribution >= 0.6 is 0 Å². The van der Waals surface area contributed by atoms with Crippen molar-refractivity contribution in [3.05, 3.63) is 53.8 Å². The molecule has 0 bridgehead atoms. The highest BCUT2D eigenvalue weighted by Gasteiger charge is 2.04. The van der Waals surface area contributed by atoms with Gasteiger partial charge in [-0.2, -0.15) is 0 Å². The first-order chi connectivity index (χ1) is 7.16. The Balaban J connectivity index is 2.49. The molecule has 2 heteroatoms. The van der Waals surface area contributed by atoms with Crippen molar-refractivity contribution in [2.24, 2.45) is 0 Å². The lowest BCUT2D eigenvalue weighted by molar-refractivity contribution is 0.475. The third-order valence-corrected chi connectivity index (χ3v) is 2.30. The summed E-state index contributed by atoms with van der Waals surface area (Å²) in [4.78, 5) is 0. The van der Waals surface area contributed by atoms with Crippen molar-refractivity contribution < 1.29 is 9.50 Å². The molecule has 0 aromatic heterocycles. The van der Waals surface area contributed by atoms with Gasteiger partial charge in [-0.05, 0) is 36.2 Å². The van der Waals surface area contributed by atoms with E-state index >= 15 is 0 Å². The molecule has 0 saturated heterocycles. The van der Waals surface area contributed by atoms with Crippen LogP contribution in [0.3, 0.4) is 0 Å². The van der Waals surface area contributed by atoms with E-state index in [-0.39, 0.29) is 11.6 Å². The molecule has 15 heavy (non-hydrogen) atoms. The van der Waals surface area contributed by atoms with Gasteiger partial charge in [0.15, 0.2) is 0 Å². The molecule has 0 aliphatic carbocycles. The van der Waals surface area contributed by atoms with Gasteiger partial charge in [0.2, 0.25) is 0 Å². The second-order valence-electron chi connectivity index (χ2n) is 3.53. The Kier molecular flexibility index (Phi) is 2.42. The van der Waals surface area contributed by atoms with E-state index in [0.29, 0.717) is 5.56 Å². The lowest BCUT2D eigenvalue weighted by Crippen LogP contribution is -1.85. The molecule has 0 unspecified atom stereocenters. The molecule has 2 aromatic rings. The van der Waals surface area contributed by atoms with Gasteiger partial charge in [-0.1, -0.05) is 24.3 Å². The van der Waals surface area contributed by atoms with Crippen LogP contribution in [-0.4, -0.2) is 5.11 Å². The molecule has 1 nitrogen and oxygen atoms in total. The van der Waals surface area contributed by atoms with Crippen molar-refractivity contribution in [1.82, 2.24) is 0 Å². The van der Waals surface area contributed by atoms with Gasteiger partial charge in [-0.3, -0.25) is 0 Å². The van der Waals surface area contributed by atoms with E-state index in [1.54, 1.807) is 30.3 Å². The van der Waals surface area contributed by atoms with E-state index in [1.807, 2.05) is 13.0 Å². The molecule has 0 saturated carbocycles. The van der Waals surface area contributed by atoms with E-state index in [9.17, 15) is 4.39 Å². The Hall–Kier alpha value is -1.83. The minimum Gasteiger partial charge on any atom is -0.508 e. The lowest BCUT2D eigenvalue weighted by atomic mass is 10.0.